The standard InChI is InChI=1S/C8H14N2O3/c1-9-4-8(13)10-3-2-7(12)6(10)5-11/h5-7,9,12H,2-4H2,1H3. The molecule has 0 aromatic carbocycles. The number of hydrogen-bond donors (Lipinski definition) is 2. The van der Waals surface area contributed by atoms with E-state index in [2.05, 4.69) is 5.32 Å². The van der Waals surface area contributed by atoms with Crippen LogP contribution in [0.2, 0.25) is 0 Å². The second kappa shape index (κ2) is 4.34. The van der Waals surface area contributed by atoms with Gasteiger partial charge in [-0.1, -0.05) is 0 Å². The third-order valence-corrected chi connectivity index (χ3v) is 2.21. The van der Waals surface area contributed by atoms with E-state index in [0.717, 1.165) is 0 Å². The number of likely N-dealkylation sites (N-methyl/N-ethyl adjacent to an activating group) is 1. The molecule has 2 N–H and O–H groups in total. The highest BCUT2D eigenvalue weighted by Crippen LogP contribution is 2.15. The summed E-state index contributed by atoms with van der Waals surface area (Å²) in [6.45, 7) is 0.669. The Morgan fingerprint density at radius 2 is 2.46 bits per heavy atom. The van der Waals surface area contributed by atoms with Crippen molar-refractivity contribution in [2.75, 3.05) is 20.1 Å². The lowest BCUT2D eigenvalue weighted by molar-refractivity contribution is -0.134. The van der Waals surface area contributed by atoms with Crippen LogP contribution in [0.5, 0.6) is 0 Å². The van der Waals surface area contributed by atoms with Gasteiger partial charge in [0.05, 0.1) is 12.6 Å². The third-order valence-electron chi connectivity index (χ3n) is 2.21. The predicted octanol–water partition coefficient (Wildman–Crippen LogP) is -1.63. The summed E-state index contributed by atoms with van der Waals surface area (Å²) in [5.41, 5.74) is 0. The molecule has 1 amide bonds. The molecule has 1 heterocycles. The molecule has 5 nitrogen and oxygen atoms in total. The Kier molecular flexibility index (Phi) is 3.39. The maximum absolute atomic E-state index is 11.4. The molecule has 1 saturated heterocycles. The number of likely N-dealkylation sites (tertiary alicyclic amines) is 1. The molecule has 0 bridgehead atoms. The summed E-state index contributed by atoms with van der Waals surface area (Å²) in [7, 11) is 1.67. The van der Waals surface area contributed by atoms with Gasteiger partial charge < -0.3 is 20.1 Å². The van der Waals surface area contributed by atoms with Crippen LogP contribution >= 0.6 is 0 Å². The van der Waals surface area contributed by atoms with E-state index in [1.54, 1.807) is 7.05 Å². The van der Waals surface area contributed by atoms with E-state index in [1.165, 1.54) is 4.90 Å². The Morgan fingerprint density at radius 1 is 1.77 bits per heavy atom. The quantitative estimate of drug-likeness (QED) is 0.519. The number of carbonyl (C=O) groups excluding carboxylic acids is 2. The van der Waals surface area contributed by atoms with Crippen molar-refractivity contribution in [3.63, 3.8) is 0 Å². The molecule has 1 aliphatic rings. The van der Waals surface area contributed by atoms with Crippen LogP contribution in [0.3, 0.4) is 0 Å². The van der Waals surface area contributed by atoms with Gasteiger partial charge >= 0.3 is 0 Å². The van der Waals surface area contributed by atoms with Crippen molar-refractivity contribution in [2.45, 2.75) is 18.6 Å². The molecule has 1 aliphatic heterocycles. The summed E-state index contributed by atoms with van der Waals surface area (Å²) in [5.74, 6) is -0.142. The summed E-state index contributed by atoms with van der Waals surface area (Å²) >= 11 is 0. The fourth-order valence-electron chi connectivity index (χ4n) is 1.51. The highest BCUT2D eigenvalue weighted by molar-refractivity contribution is 5.82. The van der Waals surface area contributed by atoms with Crippen LogP contribution in [0, 0.1) is 0 Å². The number of nitrogens with zero attached hydrogens (tertiary/aromatic N) is 1. The fourth-order valence-corrected chi connectivity index (χ4v) is 1.51. The number of hydrogen-bond acceptors (Lipinski definition) is 4. The maximum Gasteiger partial charge on any atom is 0.237 e. The van der Waals surface area contributed by atoms with Crippen LogP contribution in [0.1, 0.15) is 6.42 Å². The summed E-state index contributed by atoms with van der Waals surface area (Å²) in [4.78, 5) is 23.3. The van der Waals surface area contributed by atoms with E-state index >= 15 is 0 Å². The zero-order valence-corrected chi connectivity index (χ0v) is 7.56. The maximum atomic E-state index is 11.4. The molecule has 2 atom stereocenters. The van der Waals surface area contributed by atoms with E-state index in [1.807, 2.05) is 0 Å². The Labute approximate surface area is 76.7 Å². The van der Waals surface area contributed by atoms with E-state index in [0.29, 0.717) is 19.3 Å². The Morgan fingerprint density at radius 3 is 3.00 bits per heavy atom. The number of nitrogens with one attached hydrogen (secondary N) is 1. The Hall–Kier alpha value is -0.940. The largest absolute Gasteiger partial charge is 0.390 e. The fraction of sp³-hybridized carbons (Fsp3) is 0.750. The van der Waals surface area contributed by atoms with Crippen molar-refractivity contribution in [1.82, 2.24) is 10.2 Å². The van der Waals surface area contributed by atoms with Crippen LogP contribution in [-0.2, 0) is 9.59 Å². The lowest BCUT2D eigenvalue weighted by Gasteiger charge is -2.21. The molecule has 2 unspecified atom stereocenters. The second-order valence-corrected chi connectivity index (χ2v) is 3.10. The molecule has 0 aromatic rings. The zero-order valence-electron chi connectivity index (χ0n) is 7.56. The lowest BCUT2D eigenvalue weighted by atomic mass is 10.2. The SMILES string of the molecule is CNCC(=O)N1CCC(O)C1C=O. The number of aliphatic hydroxyl groups is 1. The number of aldehydes is 1. The van der Waals surface area contributed by atoms with Crippen molar-refractivity contribution in [1.29, 1.82) is 0 Å². The van der Waals surface area contributed by atoms with E-state index in [9.17, 15) is 14.7 Å². The van der Waals surface area contributed by atoms with E-state index in [4.69, 9.17) is 0 Å². The molecular formula is C8H14N2O3. The Balaban J connectivity index is 2.59. The van der Waals surface area contributed by atoms with Gasteiger partial charge in [-0.2, -0.15) is 0 Å². The van der Waals surface area contributed by atoms with Crippen LogP contribution in [0.25, 0.3) is 0 Å². The number of amides is 1. The first-order chi connectivity index (χ1) is 6.20. The van der Waals surface area contributed by atoms with Crippen LogP contribution in [0.15, 0.2) is 0 Å². The molecule has 13 heavy (non-hydrogen) atoms. The first-order valence-electron chi connectivity index (χ1n) is 4.28. The van der Waals surface area contributed by atoms with E-state index < -0.39 is 12.1 Å². The van der Waals surface area contributed by atoms with Crippen molar-refractivity contribution in [3.8, 4) is 0 Å². The summed E-state index contributed by atoms with van der Waals surface area (Å²) in [6, 6.07) is -0.652. The van der Waals surface area contributed by atoms with Gasteiger partial charge in [0.15, 0.2) is 0 Å². The highest BCUT2D eigenvalue weighted by atomic mass is 16.3. The molecule has 1 rings (SSSR count). The first-order valence-corrected chi connectivity index (χ1v) is 4.28. The minimum Gasteiger partial charge on any atom is -0.390 e. The van der Waals surface area contributed by atoms with Gasteiger partial charge in [-0.3, -0.25) is 4.79 Å². The van der Waals surface area contributed by atoms with Gasteiger partial charge in [0.25, 0.3) is 0 Å². The zero-order chi connectivity index (χ0) is 9.84. The molecular weight excluding hydrogens is 172 g/mol. The van der Waals surface area contributed by atoms with Crippen LogP contribution in [0.4, 0.5) is 0 Å². The highest BCUT2D eigenvalue weighted by Gasteiger charge is 2.34. The minimum atomic E-state index is -0.696. The van der Waals surface area contributed by atoms with Crippen LogP contribution in [-0.4, -0.2) is 54.5 Å². The molecule has 0 saturated carbocycles. The third kappa shape index (κ3) is 2.05. The number of carbonyl (C=O) groups is 2. The Bertz CT molecular complexity index is 208. The molecule has 0 radical (unpaired) electrons. The van der Waals surface area contributed by atoms with Gasteiger partial charge in [-0.05, 0) is 13.5 Å². The van der Waals surface area contributed by atoms with Gasteiger partial charge in [0.2, 0.25) is 5.91 Å². The van der Waals surface area contributed by atoms with Crippen molar-refractivity contribution < 1.29 is 14.7 Å². The van der Waals surface area contributed by atoms with Crippen molar-refractivity contribution >= 4 is 12.2 Å². The first kappa shape index (κ1) is 10.1. The predicted molar refractivity (Wildman–Crippen MR) is 46.1 cm³/mol. The monoisotopic (exact) mass is 186 g/mol. The van der Waals surface area contributed by atoms with Gasteiger partial charge in [-0.15, -0.1) is 0 Å². The smallest absolute Gasteiger partial charge is 0.237 e. The lowest BCUT2D eigenvalue weighted by Crippen LogP contribution is -2.44. The summed E-state index contributed by atoms with van der Waals surface area (Å²) < 4.78 is 0. The van der Waals surface area contributed by atoms with E-state index in [-0.39, 0.29) is 12.5 Å². The minimum absolute atomic E-state index is 0.142. The van der Waals surface area contributed by atoms with Gasteiger partial charge in [-0.25, -0.2) is 0 Å². The topological polar surface area (TPSA) is 69.6 Å². The molecule has 5 heteroatoms. The molecule has 0 aliphatic carbocycles. The van der Waals surface area contributed by atoms with Crippen molar-refractivity contribution in [2.24, 2.45) is 0 Å². The molecule has 0 aromatic heterocycles. The number of rotatable bonds is 3. The van der Waals surface area contributed by atoms with Gasteiger partial charge in [0, 0.05) is 6.54 Å². The summed E-state index contributed by atoms with van der Waals surface area (Å²) in [6.07, 6.45) is 0.419. The molecule has 0 spiro atoms. The average Bonchev–Trinajstić information content (AvgIpc) is 2.47. The number of aliphatic hydroxyl groups excluding tert-OH is 1. The molecule has 1 fully saturated rings. The molecule has 74 valence electrons. The normalized spacial score (nSPS) is 27.7. The van der Waals surface area contributed by atoms with Crippen molar-refractivity contribution in [3.05, 3.63) is 0 Å². The second-order valence-electron chi connectivity index (χ2n) is 3.10. The average molecular weight is 186 g/mol. The summed E-state index contributed by atoms with van der Waals surface area (Å²) in [5, 5.41) is 12.0. The van der Waals surface area contributed by atoms with Crippen LogP contribution < -0.4 is 5.32 Å². The van der Waals surface area contributed by atoms with Gasteiger partial charge in [0.1, 0.15) is 12.3 Å².